The van der Waals surface area contributed by atoms with Crippen molar-refractivity contribution in [3.8, 4) is 5.69 Å². The van der Waals surface area contributed by atoms with Gasteiger partial charge in [-0.05, 0) is 30.5 Å². The van der Waals surface area contributed by atoms with Crippen LogP contribution in [0.25, 0.3) is 16.7 Å². The van der Waals surface area contributed by atoms with Crippen LogP contribution in [0.1, 0.15) is 24.5 Å². The summed E-state index contributed by atoms with van der Waals surface area (Å²) in [4.78, 5) is 20.1. The summed E-state index contributed by atoms with van der Waals surface area (Å²) in [7, 11) is 0. The van der Waals surface area contributed by atoms with Crippen molar-refractivity contribution in [1.29, 1.82) is 0 Å². The van der Waals surface area contributed by atoms with Crippen LogP contribution >= 0.6 is 0 Å². The molecule has 2 N–H and O–H groups in total. The number of ether oxygens (including phenoxy) is 1. The van der Waals surface area contributed by atoms with Crippen molar-refractivity contribution in [2.24, 2.45) is 0 Å². The first-order valence-electron chi connectivity index (χ1n) is 9.74. The maximum atomic E-state index is 12.6. The van der Waals surface area contributed by atoms with Gasteiger partial charge in [0.1, 0.15) is 5.39 Å². The van der Waals surface area contributed by atoms with Crippen molar-refractivity contribution in [2.45, 2.75) is 25.0 Å². The summed E-state index contributed by atoms with van der Waals surface area (Å²) in [6.45, 7) is 0.658. The number of anilines is 1. The van der Waals surface area contributed by atoms with E-state index in [0.29, 0.717) is 23.6 Å². The highest BCUT2D eigenvalue weighted by Crippen LogP contribution is 2.29. The van der Waals surface area contributed by atoms with Gasteiger partial charge in [0.05, 0.1) is 18.0 Å². The molecule has 1 aliphatic heterocycles. The van der Waals surface area contributed by atoms with E-state index in [1.807, 2.05) is 48.5 Å². The number of para-hydroxylation sites is 1. The van der Waals surface area contributed by atoms with E-state index in [4.69, 9.17) is 4.74 Å². The smallest absolute Gasteiger partial charge is 0.263 e. The second-order valence-corrected chi connectivity index (χ2v) is 7.18. The van der Waals surface area contributed by atoms with Crippen LogP contribution in [0.4, 0.5) is 5.95 Å². The van der Waals surface area contributed by atoms with Gasteiger partial charge < -0.3 is 10.1 Å². The molecule has 1 saturated heterocycles. The zero-order chi connectivity index (χ0) is 19.6. The molecule has 7 heteroatoms. The van der Waals surface area contributed by atoms with Gasteiger partial charge in [-0.1, -0.05) is 48.5 Å². The van der Waals surface area contributed by atoms with E-state index in [1.54, 1.807) is 10.9 Å². The Kier molecular flexibility index (Phi) is 4.57. The maximum Gasteiger partial charge on any atom is 0.263 e. The first-order chi connectivity index (χ1) is 14.3. The van der Waals surface area contributed by atoms with E-state index in [-0.39, 0.29) is 17.7 Å². The minimum absolute atomic E-state index is 0.0350. The lowest BCUT2D eigenvalue weighted by atomic mass is 9.97. The molecule has 0 spiro atoms. The lowest BCUT2D eigenvalue weighted by molar-refractivity contribution is 0.00969. The van der Waals surface area contributed by atoms with E-state index in [2.05, 4.69) is 32.5 Å². The molecule has 2 unspecified atom stereocenters. The lowest BCUT2D eigenvalue weighted by Gasteiger charge is -2.30. The van der Waals surface area contributed by atoms with Gasteiger partial charge >= 0.3 is 0 Å². The molecular weight excluding hydrogens is 366 g/mol. The Balaban J connectivity index is 1.43. The third-order valence-corrected chi connectivity index (χ3v) is 5.23. The molecule has 1 fully saturated rings. The molecule has 1 aliphatic rings. The Morgan fingerprint density at radius 1 is 1.07 bits per heavy atom. The van der Waals surface area contributed by atoms with Crippen LogP contribution in [-0.2, 0) is 4.74 Å². The molecule has 7 nitrogen and oxygen atoms in total. The molecule has 0 saturated carbocycles. The summed E-state index contributed by atoms with van der Waals surface area (Å²) in [5.41, 5.74) is 2.36. The number of aromatic nitrogens is 4. The lowest BCUT2D eigenvalue weighted by Crippen LogP contribution is -2.31. The maximum absolute atomic E-state index is 12.6. The molecule has 2 aromatic carbocycles. The van der Waals surface area contributed by atoms with Gasteiger partial charge in [0.2, 0.25) is 5.95 Å². The fourth-order valence-corrected chi connectivity index (χ4v) is 3.77. The van der Waals surface area contributed by atoms with Gasteiger partial charge in [0.15, 0.2) is 5.65 Å². The molecule has 2 aromatic heterocycles. The summed E-state index contributed by atoms with van der Waals surface area (Å²) >= 11 is 0. The van der Waals surface area contributed by atoms with Crippen molar-refractivity contribution >= 4 is 17.0 Å². The van der Waals surface area contributed by atoms with Crippen molar-refractivity contribution in [2.75, 3.05) is 11.9 Å². The van der Waals surface area contributed by atoms with Crippen molar-refractivity contribution in [3.63, 3.8) is 0 Å². The van der Waals surface area contributed by atoms with Gasteiger partial charge in [0.25, 0.3) is 5.56 Å². The van der Waals surface area contributed by atoms with E-state index in [0.717, 1.165) is 24.1 Å². The van der Waals surface area contributed by atoms with E-state index in [1.165, 1.54) is 0 Å². The minimum Gasteiger partial charge on any atom is -0.373 e. The number of hydrogen-bond donors (Lipinski definition) is 2. The highest BCUT2D eigenvalue weighted by Gasteiger charge is 2.24. The Morgan fingerprint density at radius 3 is 2.62 bits per heavy atom. The Hall–Kier alpha value is -3.45. The van der Waals surface area contributed by atoms with Crippen molar-refractivity contribution in [3.05, 3.63) is 82.8 Å². The third kappa shape index (κ3) is 3.52. The topological polar surface area (TPSA) is 84.8 Å². The summed E-state index contributed by atoms with van der Waals surface area (Å²) in [5.74, 6) is 0.457. The fourth-order valence-electron chi connectivity index (χ4n) is 3.77. The SMILES string of the molecule is O=c1[nH]c(NC2CCOC(c3ccccc3)C2)nc2c1cnn2-c1ccccc1. The zero-order valence-electron chi connectivity index (χ0n) is 15.8. The van der Waals surface area contributed by atoms with Crippen molar-refractivity contribution < 1.29 is 4.74 Å². The standard InChI is InChI=1S/C22H21N5O2/c28-21-18-14-23-27(17-9-5-2-6-10-17)20(18)25-22(26-21)24-16-11-12-29-19(13-16)15-7-3-1-4-8-15/h1-10,14,16,19H,11-13H2,(H2,24,25,26,28). The number of nitrogens with zero attached hydrogens (tertiary/aromatic N) is 3. The van der Waals surface area contributed by atoms with Gasteiger partial charge in [0, 0.05) is 12.6 Å². The number of fused-ring (bicyclic) bond motifs is 1. The summed E-state index contributed by atoms with van der Waals surface area (Å²) < 4.78 is 7.63. The van der Waals surface area contributed by atoms with Crippen LogP contribution in [0.15, 0.2) is 71.7 Å². The quantitative estimate of drug-likeness (QED) is 0.560. The molecule has 4 aromatic rings. The second-order valence-electron chi connectivity index (χ2n) is 7.18. The predicted molar refractivity (Wildman–Crippen MR) is 111 cm³/mol. The number of hydrogen-bond acceptors (Lipinski definition) is 5. The highest BCUT2D eigenvalue weighted by atomic mass is 16.5. The molecule has 146 valence electrons. The number of benzene rings is 2. The average Bonchev–Trinajstić information content (AvgIpc) is 3.20. The minimum atomic E-state index is -0.202. The fraction of sp³-hybridized carbons (Fsp3) is 0.227. The number of rotatable bonds is 4. The first-order valence-corrected chi connectivity index (χ1v) is 9.74. The average molecular weight is 387 g/mol. The normalized spacial score (nSPS) is 19.3. The number of H-pyrrole nitrogens is 1. The second kappa shape index (κ2) is 7.52. The largest absolute Gasteiger partial charge is 0.373 e. The van der Waals surface area contributed by atoms with Crippen molar-refractivity contribution in [1.82, 2.24) is 19.7 Å². The van der Waals surface area contributed by atoms with Gasteiger partial charge in [-0.2, -0.15) is 10.1 Å². The molecule has 29 heavy (non-hydrogen) atoms. The van der Waals surface area contributed by atoms with Crippen LogP contribution < -0.4 is 10.9 Å². The molecule has 0 aliphatic carbocycles. The van der Waals surface area contributed by atoms with Gasteiger partial charge in [-0.3, -0.25) is 9.78 Å². The number of nitrogens with one attached hydrogen (secondary N) is 2. The van der Waals surface area contributed by atoms with E-state index >= 15 is 0 Å². The van der Waals surface area contributed by atoms with Gasteiger partial charge in [-0.15, -0.1) is 0 Å². The molecule has 5 rings (SSSR count). The van der Waals surface area contributed by atoms with Crippen LogP contribution in [0.5, 0.6) is 0 Å². The highest BCUT2D eigenvalue weighted by molar-refractivity contribution is 5.76. The van der Waals surface area contributed by atoms with E-state index < -0.39 is 0 Å². The molecule has 3 heterocycles. The predicted octanol–water partition coefficient (Wildman–Crippen LogP) is 3.44. The first kappa shape index (κ1) is 17.6. The zero-order valence-corrected chi connectivity index (χ0v) is 15.8. The molecular formula is C22H21N5O2. The number of aromatic amines is 1. The van der Waals surface area contributed by atoms with Crippen LogP contribution in [-0.4, -0.2) is 32.4 Å². The summed E-state index contributed by atoms with van der Waals surface area (Å²) in [6.07, 6.45) is 3.25. The molecule has 0 amide bonds. The Bertz CT molecular complexity index is 1170. The van der Waals surface area contributed by atoms with E-state index in [9.17, 15) is 4.79 Å². The monoisotopic (exact) mass is 387 g/mol. The van der Waals surface area contributed by atoms with Gasteiger partial charge in [-0.25, -0.2) is 4.68 Å². The molecule has 0 radical (unpaired) electrons. The van der Waals surface area contributed by atoms with Crippen LogP contribution in [0.2, 0.25) is 0 Å². The Morgan fingerprint density at radius 2 is 1.83 bits per heavy atom. The third-order valence-electron chi connectivity index (χ3n) is 5.23. The molecule has 2 atom stereocenters. The van der Waals surface area contributed by atoms with Crippen LogP contribution in [0.3, 0.4) is 0 Å². The van der Waals surface area contributed by atoms with Crippen LogP contribution in [0, 0.1) is 0 Å². The Labute approximate surface area is 167 Å². The summed E-state index contributed by atoms with van der Waals surface area (Å²) in [6, 6.07) is 20.0. The molecule has 0 bridgehead atoms. The summed E-state index contributed by atoms with van der Waals surface area (Å²) in [5, 5.41) is 8.21.